The fourth-order valence-electron chi connectivity index (χ4n) is 3.15. The van der Waals surface area contributed by atoms with Crippen LogP contribution in [0.4, 0.5) is 11.8 Å². The zero-order valence-electron chi connectivity index (χ0n) is 15.4. The highest BCUT2D eigenvalue weighted by Crippen LogP contribution is 2.28. The summed E-state index contributed by atoms with van der Waals surface area (Å²) in [4.78, 5) is 13.5. The van der Waals surface area contributed by atoms with E-state index in [9.17, 15) is 0 Å². The largest absolute Gasteiger partial charge is 0.357 e. The van der Waals surface area contributed by atoms with Gasteiger partial charge in [0.2, 0.25) is 5.95 Å². The average molecular weight is 384 g/mol. The lowest BCUT2D eigenvalue weighted by molar-refractivity contribution is 0.311. The molecule has 1 saturated heterocycles. The summed E-state index contributed by atoms with van der Waals surface area (Å²) >= 11 is 6.04. The third-order valence-electron chi connectivity index (χ3n) is 4.74. The summed E-state index contributed by atoms with van der Waals surface area (Å²) in [5.41, 5.74) is 1.92. The normalized spacial score (nSPS) is 15.1. The summed E-state index contributed by atoms with van der Waals surface area (Å²) in [6.07, 6.45) is 1.74. The van der Waals surface area contributed by atoms with E-state index < -0.39 is 0 Å². The predicted octanol–water partition coefficient (Wildman–Crippen LogP) is 2.78. The Morgan fingerprint density at radius 3 is 2.48 bits per heavy atom. The Bertz CT molecular complexity index is 914. The minimum atomic E-state index is 0.570. The van der Waals surface area contributed by atoms with Gasteiger partial charge in [0.1, 0.15) is 5.82 Å². The number of aromatic nitrogens is 4. The molecule has 0 amide bonds. The molecule has 140 valence electrons. The van der Waals surface area contributed by atoms with Crippen LogP contribution in [0.5, 0.6) is 0 Å². The van der Waals surface area contributed by atoms with Crippen molar-refractivity contribution in [1.29, 1.82) is 0 Å². The molecular formula is C19H22ClN7. The molecule has 7 nitrogen and oxygen atoms in total. The van der Waals surface area contributed by atoms with E-state index in [0.29, 0.717) is 11.0 Å². The number of hydrogen-bond acceptors (Lipinski definition) is 6. The summed E-state index contributed by atoms with van der Waals surface area (Å²) in [6, 6.07) is 11.7. The van der Waals surface area contributed by atoms with E-state index >= 15 is 0 Å². The fourth-order valence-corrected chi connectivity index (χ4v) is 3.28. The summed E-state index contributed by atoms with van der Waals surface area (Å²) in [6.45, 7) is 3.94. The van der Waals surface area contributed by atoms with Crippen molar-refractivity contribution in [3.63, 3.8) is 0 Å². The van der Waals surface area contributed by atoms with Crippen LogP contribution >= 0.6 is 11.6 Å². The first-order chi connectivity index (χ1) is 13.1. The Labute approximate surface area is 163 Å². The molecule has 8 heteroatoms. The monoisotopic (exact) mass is 383 g/mol. The van der Waals surface area contributed by atoms with Gasteiger partial charge in [0.05, 0.1) is 5.69 Å². The van der Waals surface area contributed by atoms with Gasteiger partial charge in [0.25, 0.3) is 0 Å². The van der Waals surface area contributed by atoms with Gasteiger partial charge < -0.3 is 15.1 Å². The van der Waals surface area contributed by atoms with Crippen LogP contribution in [0.3, 0.4) is 0 Å². The average Bonchev–Trinajstić information content (AvgIpc) is 3.14. The molecule has 3 aromatic rings. The van der Waals surface area contributed by atoms with Crippen molar-refractivity contribution in [3.05, 3.63) is 47.6 Å². The maximum absolute atomic E-state index is 6.04. The molecule has 0 radical (unpaired) electrons. The number of hydrogen-bond donors (Lipinski definition) is 1. The topological polar surface area (TPSA) is 62.1 Å². The smallest absolute Gasteiger partial charge is 0.224 e. The Kier molecular flexibility index (Phi) is 4.96. The molecule has 27 heavy (non-hydrogen) atoms. The van der Waals surface area contributed by atoms with Gasteiger partial charge in [-0.1, -0.05) is 23.7 Å². The number of piperazine rings is 1. The minimum Gasteiger partial charge on any atom is -0.357 e. The van der Waals surface area contributed by atoms with E-state index in [-0.39, 0.29) is 0 Å². The van der Waals surface area contributed by atoms with Crippen LogP contribution in [0.25, 0.3) is 17.1 Å². The molecular weight excluding hydrogens is 362 g/mol. The number of anilines is 2. The third-order valence-corrected chi connectivity index (χ3v) is 4.99. The van der Waals surface area contributed by atoms with Gasteiger partial charge in [-0.05, 0) is 19.2 Å². The Hall–Kier alpha value is -2.64. The number of nitrogens with one attached hydrogen (secondary N) is 1. The third kappa shape index (κ3) is 3.74. The number of halogens is 1. The summed E-state index contributed by atoms with van der Waals surface area (Å²) < 4.78 is 1.90. The molecule has 0 saturated carbocycles. The highest BCUT2D eigenvalue weighted by molar-refractivity contribution is 6.30. The molecule has 0 spiro atoms. The van der Waals surface area contributed by atoms with Crippen molar-refractivity contribution >= 4 is 23.4 Å². The lowest BCUT2D eigenvalue weighted by Crippen LogP contribution is -2.45. The van der Waals surface area contributed by atoms with E-state index in [0.717, 1.165) is 49.1 Å². The maximum Gasteiger partial charge on any atom is 0.224 e. The molecule has 2 aromatic heterocycles. The van der Waals surface area contributed by atoms with E-state index in [1.807, 2.05) is 42.1 Å². The van der Waals surface area contributed by atoms with Crippen LogP contribution in [0, 0.1) is 0 Å². The van der Waals surface area contributed by atoms with Gasteiger partial charge in [-0.3, -0.25) is 0 Å². The first-order valence-corrected chi connectivity index (χ1v) is 9.32. The SMILES string of the molecule is CNc1nccc(-n2nc(-c3ccc(Cl)cc3)cc2N2CCN(C)CC2)n1. The number of likely N-dealkylation sites (N-methyl/N-ethyl adjacent to an activating group) is 1. The molecule has 1 aromatic carbocycles. The molecule has 0 atom stereocenters. The van der Waals surface area contributed by atoms with Crippen molar-refractivity contribution in [1.82, 2.24) is 24.6 Å². The molecule has 1 N–H and O–H groups in total. The lowest BCUT2D eigenvalue weighted by Gasteiger charge is -2.33. The van der Waals surface area contributed by atoms with Gasteiger partial charge in [0, 0.05) is 62.1 Å². The first kappa shape index (κ1) is 17.8. The molecule has 0 aliphatic carbocycles. The van der Waals surface area contributed by atoms with Crippen LogP contribution in [0.1, 0.15) is 0 Å². The van der Waals surface area contributed by atoms with Crippen molar-refractivity contribution in [2.75, 3.05) is 50.5 Å². The highest BCUT2D eigenvalue weighted by atomic mass is 35.5. The van der Waals surface area contributed by atoms with Gasteiger partial charge in [-0.15, -0.1) is 0 Å². The van der Waals surface area contributed by atoms with Gasteiger partial charge in [0.15, 0.2) is 5.82 Å². The second-order valence-electron chi connectivity index (χ2n) is 6.59. The molecule has 0 bridgehead atoms. The predicted molar refractivity (Wildman–Crippen MR) is 109 cm³/mol. The van der Waals surface area contributed by atoms with Crippen molar-refractivity contribution in [2.24, 2.45) is 0 Å². The molecule has 0 unspecified atom stereocenters. The van der Waals surface area contributed by atoms with E-state index in [2.05, 4.69) is 38.2 Å². The fraction of sp³-hybridized carbons (Fsp3) is 0.316. The summed E-state index contributed by atoms with van der Waals surface area (Å²) in [5, 5.41) is 8.55. The maximum atomic E-state index is 6.04. The van der Waals surface area contributed by atoms with E-state index in [4.69, 9.17) is 16.7 Å². The van der Waals surface area contributed by atoms with E-state index in [1.54, 1.807) is 6.20 Å². The summed E-state index contributed by atoms with van der Waals surface area (Å²) in [5.74, 6) is 2.35. The Morgan fingerprint density at radius 1 is 1.04 bits per heavy atom. The van der Waals surface area contributed by atoms with Crippen molar-refractivity contribution < 1.29 is 0 Å². The zero-order valence-corrected chi connectivity index (χ0v) is 16.2. The van der Waals surface area contributed by atoms with Crippen LogP contribution in [0.15, 0.2) is 42.6 Å². The molecule has 1 fully saturated rings. The van der Waals surface area contributed by atoms with E-state index in [1.165, 1.54) is 0 Å². The summed E-state index contributed by atoms with van der Waals surface area (Å²) in [7, 11) is 3.96. The lowest BCUT2D eigenvalue weighted by atomic mass is 10.1. The zero-order chi connectivity index (χ0) is 18.8. The van der Waals surface area contributed by atoms with Crippen LogP contribution in [-0.4, -0.2) is 64.9 Å². The number of benzene rings is 1. The quantitative estimate of drug-likeness (QED) is 0.747. The molecule has 4 rings (SSSR count). The second kappa shape index (κ2) is 7.54. The van der Waals surface area contributed by atoms with Gasteiger partial charge >= 0.3 is 0 Å². The Morgan fingerprint density at radius 2 is 1.78 bits per heavy atom. The van der Waals surface area contributed by atoms with Crippen molar-refractivity contribution in [3.8, 4) is 17.1 Å². The standard InChI is InChI=1S/C19H22ClN7/c1-21-19-22-8-7-17(23-19)27-18(26-11-9-25(2)10-12-26)13-16(24-27)14-3-5-15(20)6-4-14/h3-8,13H,9-12H2,1-2H3,(H,21,22,23). The highest BCUT2D eigenvalue weighted by Gasteiger charge is 2.21. The first-order valence-electron chi connectivity index (χ1n) is 8.95. The van der Waals surface area contributed by atoms with Crippen LogP contribution < -0.4 is 10.2 Å². The molecule has 1 aliphatic rings. The van der Waals surface area contributed by atoms with Gasteiger partial charge in [-0.2, -0.15) is 14.8 Å². The number of rotatable bonds is 4. The molecule has 3 heterocycles. The van der Waals surface area contributed by atoms with Crippen molar-refractivity contribution in [2.45, 2.75) is 0 Å². The molecule has 1 aliphatic heterocycles. The van der Waals surface area contributed by atoms with Crippen LogP contribution in [0.2, 0.25) is 5.02 Å². The Balaban J connectivity index is 1.78. The van der Waals surface area contributed by atoms with Crippen LogP contribution in [-0.2, 0) is 0 Å². The van der Waals surface area contributed by atoms with Gasteiger partial charge in [-0.25, -0.2) is 4.98 Å². The second-order valence-corrected chi connectivity index (χ2v) is 7.02. The number of nitrogens with zero attached hydrogens (tertiary/aromatic N) is 6. The minimum absolute atomic E-state index is 0.570.